The molecule has 16 heavy (non-hydrogen) atoms. The Morgan fingerprint density at radius 2 is 2.25 bits per heavy atom. The van der Waals surface area contributed by atoms with E-state index < -0.39 is 0 Å². The number of para-hydroxylation sites is 1. The van der Waals surface area contributed by atoms with Crippen molar-refractivity contribution in [2.45, 2.75) is 6.54 Å². The van der Waals surface area contributed by atoms with Crippen LogP contribution in [-0.2, 0) is 11.3 Å². The van der Waals surface area contributed by atoms with Crippen LogP contribution in [-0.4, -0.2) is 33.9 Å². The summed E-state index contributed by atoms with van der Waals surface area (Å²) < 4.78 is 1.64. The smallest absolute Gasteiger partial charge is 0.241 e. The Morgan fingerprint density at radius 1 is 1.44 bits per heavy atom. The third-order valence-corrected chi connectivity index (χ3v) is 2.28. The molecule has 2 N–H and O–H groups in total. The molecule has 2 aromatic rings. The van der Waals surface area contributed by atoms with E-state index in [1.54, 1.807) is 10.9 Å². The molecule has 1 amide bonds. The van der Waals surface area contributed by atoms with E-state index in [9.17, 15) is 4.79 Å². The van der Waals surface area contributed by atoms with Crippen LogP contribution in [0, 0.1) is 0 Å². The Kier molecular flexibility index (Phi) is 3.16. The number of nitrogens with zero attached hydrogens (tertiary/aromatic N) is 2. The summed E-state index contributed by atoms with van der Waals surface area (Å²) in [5.41, 5.74) is 0.932. The molecule has 0 spiro atoms. The number of hydrogen-bond donors (Lipinski definition) is 2. The molecule has 5 heteroatoms. The molecule has 0 atom stereocenters. The van der Waals surface area contributed by atoms with E-state index in [0.717, 1.165) is 10.9 Å². The zero-order valence-electron chi connectivity index (χ0n) is 8.76. The monoisotopic (exact) mass is 219 g/mol. The lowest BCUT2D eigenvalue weighted by Crippen LogP contribution is -2.30. The number of benzene rings is 1. The van der Waals surface area contributed by atoms with Gasteiger partial charge in [-0.25, -0.2) is 0 Å². The summed E-state index contributed by atoms with van der Waals surface area (Å²) in [6.07, 6.45) is 1.73. The minimum Gasteiger partial charge on any atom is -0.395 e. The predicted octanol–water partition coefficient (Wildman–Crippen LogP) is 0.145. The van der Waals surface area contributed by atoms with Gasteiger partial charge >= 0.3 is 0 Å². The van der Waals surface area contributed by atoms with E-state index in [4.69, 9.17) is 5.11 Å². The molecule has 0 saturated heterocycles. The lowest BCUT2D eigenvalue weighted by atomic mass is 10.2. The number of aliphatic hydroxyl groups excluding tert-OH is 1. The molecule has 0 saturated carbocycles. The van der Waals surface area contributed by atoms with Crippen LogP contribution >= 0.6 is 0 Å². The third kappa shape index (κ3) is 2.20. The number of fused-ring (bicyclic) bond motifs is 1. The SMILES string of the molecule is O=C(Cn1ncc2ccccc21)NCCO. The fraction of sp³-hybridized carbons (Fsp3) is 0.273. The van der Waals surface area contributed by atoms with Crippen LogP contribution in [0.5, 0.6) is 0 Å². The highest BCUT2D eigenvalue weighted by Gasteiger charge is 2.05. The van der Waals surface area contributed by atoms with Crippen LogP contribution in [0.1, 0.15) is 0 Å². The van der Waals surface area contributed by atoms with Crippen molar-refractivity contribution in [3.63, 3.8) is 0 Å². The molecule has 1 heterocycles. The second-order valence-corrected chi connectivity index (χ2v) is 3.43. The molecule has 2 rings (SSSR count). The predicted molar refractivity (Wildman–Crippen MR) is 59.8 cm³/mol. The highest BCUT2D eigenvalue weighted by molar-refractivity contribution is 5.81. The summed E-state index contributed by atoms with van der Waals surface area (Å²) in [6, 6.07) is 7.71. The number of aliphatic hydroxyl groups is 1. The molecule has 0 radical (unpaired) electrons. The van der Waals surface area contributed by atoms with E-state index in [2.05, 4.69) is 10.4 Å². The standard InChI is InChI=1S/C11H13N3O2/c15-6-5-12-11(16)8-14-10-4-2-1-3-9(10)7-13-14/h1-4,7,15H,5-6,8H2,(H,12,16). The van der Waals surface area contributed by atoms with E-state index in [1.165, 1.54) is 0 Å². The van der Waals surface area contributed by atoms with Gasteiger partial charge in [-0.1, -0.05) is 18.2 Å². The van der Waals surface area contributed by atoms with Gasteiger partial charge in [0.15, 0.2) is 0 Å². The van der Waals surface area contributed by atoms with Gasteiger partial charge in [0, 0.05) is 11.9 Å². The zero-order valence-corrected chi connectivity index (χ0v) is 8.76. The Bertz CT molecular complexity index is 493. The molecule has 0 fully saturated rings. The van der Waals surface area contributed by atoms with Crippen LogP contribution in [0.2, 0.25) is 0 Å². The largest absolute Gasteiger partial charge is 0.395 e. The number of carbonyl (C=O) groups excluding carboxylic acids is 1. The van der Waals surface area contributed by atoms with Gasteiger partial charge < -0.3 is 10.4 Å². The van der Waals surface area contributed by atoms with Gasteiger partial charge in [0.1, 0.15) is 6.54 Å². The van der Waals surface area contributed by atoms with Gasteiger partial charge in [-0.15, -0.1) is 0 Å². The fourth-order valence-corrected chi connectivity index (χ4v) is 1.54. The third-order valence-electron chi connectivity index (χ3n) is 2.28. The number of hydrogen-bond acceptors (Lipinski definition) is 3. The average molecular weight is 219 g/mol. The fourth-order valence-electron chi connectivity index (χ4n) is 1.54. The quantitative estimate of drug-likeness (QED) is 0.769. The minimum atomic E-state index is -0.150. The van der Waals surface area contributed by atoms with Gasteiger partial charge in [0.05, 0.1) is 18.3 Å². The Morgan fingerprint density at radius 3 is 3.06 bits per heavy atom. The van der Waals surface area contributed by atoms with Gasteiger partial charge in [-0.2, -0.15) is 5.10 Å². The van der Waals surface area contributed by atoms with Crippen molar-refractivity contribution in [2.75, 3.05) is 13.2 Å². The summed E-state index contributed by atoms with van der Waals surface area (Å²) in [7, 11) is 0. The van der Waals surface area contributed by atoms with Crippen molar-refractivity contribution < 1.29 is 9.90 Å². The maximum Gasteiger partial charge on any atom is 0.241 e. The summed E-state index contributed by atoms with van der Waals surface area (Å²) in [5.74, 6) is -0.150. The van der Waals surface area contributed by atoms with Crippen LogP contribution in [0.3, 0.4) is 0 Å². The van der Waals surface area contributed by atoms with Crippen molar-refractivity contribution in [3.8, 4) is 0 Å². The highest BCUT2D eigenvalue weighted by Crippen LogP contribution is 2.11. The van der Waals surface area contributed by atoms with Crippen molar-refractivity contribution in [1.29, 1.82) is 0 Å². The summed E-state index contributed by atoms with van der Waals surface area (Å²) in [4.78, 5) is 11.4. The Balaban J connectivity index is 2.12. The summed E-state index contributed by atoms with van der Waals surface area (Å²) >= 11 is 0. The normalized spacial score (nSPS) is 10.6. The van der Waals surface area contributed by atoms with Crippen LogP contribution in [0.25, 0.3) is 10.9 Å². The first-order valence-electron chi connectivity index (χ1n) is 5.09. The summed E-state index contributed by atoms with van der Waals surface area (Å²) in [6.45, 7) is 0.400. The Labute approximate surface area is 92.7 Å². The molecular weight excluding hydrogens is 206 g/mol. The number of aromatic nitrogens is 2. The molecule has 5 nitrogen and oxygen atoms in total. The van der Waals surface area contributed by atoms with Gasteiger partial charge in [0.25, 0.3) is 0 Å². The molecule has 0 bridgehead atoms. The topological polar surface area (TPSA) is 67.2 Å². The molecule has 1 aromatic carbocycles. The number of rotatable bonds is 4. The molecule has 1 aromatic heterocycles. The van der Waals surface area contributed by atoms with Crippen molar-refractivity contribution in [2.24, 2.45) is 0 Å². The summed E-state index contributed by atoms with van der Waals surface area (Å²) in [5, 5.41) is 16.3. The first kappa shape index (κ1) is 10.6. The van der Waals surface area contributed by atoms with Gasteiger partial charge in [0.2, 0.25) is 5.91 Å². The van der Waals surface area contributed by atoms with Crippen molar-refractivity contribution in [3.05, 3.63) is 30.5 Å². The second-order valence-electron chi connectivity index (χ2n) is 3.43. The van der Waals surface area contributed by atoms with E-state index in [1.807, 2.05) is 24.3 Å². The van der Waals surface area contributed by atoms with Gasteiger partial charge in [-0.3, -0.25) is 9.48 Å². The average Bonchev–Trinajstić information content (AvgIpc) is 2.70. The lowest BCUT2D eigenvalue weighted by Gasteiger charge is -2.04. The van der Waals surface area contributed by atoms with E-state index in [-0.39, 0.29) is 25.6 Å². The zero-order chi connectivity index (χ0) is 11.4. The van der Waals surface area contributed by atoms with Gasteiger partial charge in [-0.05, 0) is 6.07 Å². The minimum absolute atomic E-state index is 0.0500. The Hall–Kier alpha value is -1.88. The van der Waals surface area contributed by atoms with Crippen LogP contribution < -0.4 is 5.32 Å². The van der Waals surface area contributed by atoms with Crippen LogP contribution in [0.4, 0.5) is 0 Å². The first-order chi connectivity index (χ1) is 7.81. The first-order valence-corrected chi connectivity index (χ1v) is 5.09. The lowest BCUT2D eigenvalue weighted by molar-refractivity contribution is -0.121. The highest BCUT2D eigenvalue weighted by atomic mass is 16.3. The molecule has 0 aliphatic heterocycles. The van der Waals surface area contributed by atoms with Crippen molar-refractivity contribution >= 4 is 16.8 Å². The van der Waals surface area contributed by atoms with Crippen molar-refractivity contribution in [1.82, 2.24) is 15.1 Å². The van der Waals surface area contributed by atoms with E-state index >= 15 is 0 Å². The number of carbonyl (C=O) groups is 1. The molecular formula is C11H13N3O2. The number of nitrogens with one attached hydrogen (secondary N) is 1. The maximum atomic E-state index is 11.4. The molecule has 0 aliphatic carbocycles. The van der Waals surface area contributed by atoms with Crippen LogP contribution in [0.15, 0.2) is 30.5 Å². The van der Waals surface area contributed by atoms with E-state index in [0.29, 0.717) is 0 Å². The molecule has 0 aliphatic rings. The second kappa shape index (κ2) is 4.76. The molecule has 0 unspecified atom stereocenters. The maximum absolute atomic E-state index is 11.4. The number of amides is 1. The molecule has 84 valence electrons.